The Morgan fingerprint density at radius 2 is 1.88 bits per heavy atom. The van der Waals surface area contributed by atoms with Crippen LogP contribution in [0, 0.1) is 6.92 Å². The highest BCUT2D eigenvalue weighted by Gasteiger charge is 2.02. The van der Waals surface area contributed by atoms with Gasteiger partial charge in [-0.25, -0.2) is 0 Å². The zero-order valence-corrected chi connectivity index (χ0v) is 16.0. The number of hydrogen-bond donors (Lipinski definition) is 1. The molecule has 0 radical (unpaired) electrons. The number of aryl methyl sites for hydroxylation is 1. The molecule has 0 aliphatic rings. The summed E-state index contributed by atoms with van der Waals surface area (Å²) >= 11 is 3.54. The van der Waals surface area contributed by atoms with E-state index in [0.717, 1.165) is 16.5 Å². The lowest BCUT2D eigenvalue weighted by Gasteiger charge is -2.07. The van der Waals surface area contributed by atoms with Crippen molar-refractivity contribution in [1.29, 1.82) is 0 Å². The van der Waals surface area contributed by atoms with Gasteiger partial charge in [0.25, 0.3) is 0 Å². The van der Waals surface area contributed by atoms with Crippen LogP contribution in [0.25, 0.3) is 11.3 Å². The van der Waals surface area contributed by atoms with Crippen LogP contribution in [0.5, 0.6) is 0 Å². The maximum atomic E-state index is 9.51. The number of hydrogen-bond acceptors (Lipinski definition) is 1. The summed E-state index contributed by atoms with van der Waals surface area (Å²) < 4.78 is 1.09. The van der Waals surface area contributed by atoms with E-state index in [4.69, 9.17) is 0 Å². The maximum Gasteiger partial charge on any atom is 0.115 e. The van der Waals surface area contributed by atoms with E-state index in [1.54, 1.807) is 0 Å². The Hall–Kier alpha value is -2.06. The topological polar surface area (TPSA) is 20.2 Å². The first-order chi connectivity index (χ1) is 11.4. The summed E-state index contributed by atoms with van der Waals surface area (Å²) in [6.07, 6.45) is 5.18. The van der Waals surface area contributed by atoms with Gasteiger partial charge in [-0.15, -0.1) is 0 Å². The number of rotatable bonds is 5. The molecule has 2 aromatic rings. The number of allylic oxidation sites excluding steroid dienone is 4. The van der Waals surface area contributed by atoms with Crippen LogP contribution >= 0.6 is 15.9 Å². The highest BCUT2D eigenvalue weighted by molar-refractivity contribution is 9.10. The van der Waals surface area contributed by atoms with E-state index in [-0.39, 0.29) is 5.76 Å². The second-order valence-electron chi connectivity index (χ2n) is 6.15. The van der Waals surface area contributed by atoms with Crippen molar-refractivity contribution in [3.63, 3.8) is 0 Å². The normalized spacial score (nSPS) is 12.3. The zero-order valence-electron chi connectivity index (χ0n) is 14.4. The quantitative estimate of drug-likeness (QED) is 0.441. The van der Waals surface area contributed by atoms with Crippen LogP contribution in [0.3, 0.4) is 0 Å². The minimum absolute atomic E-state index is 0.111. The molecule has 0 bridgehead atoms. The molecule has 24 heavy (non-hydrogen) atoms. The van der Waals surface area contributed by atoms with Crippen molar-refractivity contribution < 1.29 is 5.11 Å². The summed E-state index contributed by atoms with van der Waals surface area (Å²) in [6, 6.07) is 14.2. The molecular weight excluding hydrogens is 360 g/mol. The highest BCUT2D eigenvalue weighted by atomic mass is 79.9. The SMILES string of the molecule is C=C(O)c1cccc(C/C(C)=C\C=C(/C)c2cc(Br)ccc2C)c1. The molecule has 0 spiro atoms. The molecule has 0 aliphatic carbocycles. The Balaban J connectivity index is 2.17. The van der Waals surface area contributed by atoms with Gasteiger partial charge < -0.3 is 5.11 Å². The van der Waals surface area contributed by atoms with Gasteiger partial charge in [0.2, 0.25) is 0 Å². The van der Waals surface area contributed by atoms with Crippen molar-refractivity contribution in [3.8, 4) is 0 Å². The van der Waals surface area contributed by atoms with Crippen LogP contribution in [-0.4, -0.2) is 5.11 Å². The van der Waals surface area contributed by atoms with E-state index in [1.165, 1.54) is 27.8 Å². The molecule has 0 amide bonds. The Labute approximate surface area is 153 Å². The third-order valence-electron chi connectivity index (χ3n) is 3.99. The molecule has 0 atom stereocenters. The summed E-state index contributed by atoms with van der Waals surface area (Å²) in [7, 11) is 0. The molecule has 1 N–H and O–H groups in total. The van der Waals surface area contributed by atoms with E-state index >= 15 is 0 Å². The molecule has 0 saturated carbocycles. The number of benzene rings is 2. The molecule has 0 fully saturated rings. The molecule has 0 unspecified atom stereocenters. The second kappa shape index (κ2) is 8.16. The van der Waals surface area contributed by atoms with E-state index in [2.05, 4.69) is 79.7 Å². The fourth-order valence-electron chi connectivity index (χ4n) is 2.62. The summed E-state index contributed by atoms with van der Waals surface area (Å²) in [4.78, 5) is 0. The fraction of sp³-hybridized carbons (Fsp3) is 0.182. The largest absolute Gasteiger partial charge is 0.508 e. The van der Waals surface area contributed by atoms with Gasteiger partial charge in [0.05, 0.1) is 0 Å². The van der Waals surface area contributed by atoms with E-state index in [9.17, 15) is 5.11 Å². The predicted molar refractivity (Wildman–Crippen MR) is 108 cm³/mol. The highest BCUT2D eigenvalue weighted by Crippen LogP contribution is 2.23. The van der Waals surface area contributed by atoms with Crippen LogP contribution in [0.4, 0.5) is 0 Å². The molecule has 124 valence electrons. The number of halogens is 1. The first kappa shape index (κ1) is 18.3. The summed E-state index contributed by atoms with van der Waals surface area (Å²) in [5.74, 6) is 0.111. The Morgan fingerprint density at radius 3 is 2.58 bits per heavy atom. The lowest BCUT2D eigenvalue weighted by molar-refractivity contribution is 0.513. The van der Waals surface area contributed by atoms with Gasteiger partial charge in [0.1, 0.15) is 5.76 Å². The molecule has 2 aromatic carbocycles. The van der Waals surface area contributed by atoms with Gasteiger partial charge in [0, 0.05) is 10.0 Å². The van der Waals surface area contributed by atoms with Gasteiger partial charge in [-0.05, 0) is 67.7 Å². The van der Waals surface area contributed by atoms with E-state index in [0.29, 0.717) is 0 Å². The van der Waals surface area contributed by atoms with Crippen molar-refractivity contribution in [2.24, 2.45) is 0 Å². The standard InChI is InChI=1S/C22H23BrO/c1-15(12-19-6-5-7-20(13-19)18(4)24)8-9-16(2)22-14-21(23)11-10-17(22)3/h5-11,13-14,24H,4,12H2,1-3H3/b15-8-,16-9+. The lowest BCUT2D eigenvalue weighted by atomic mass is 10.00. The molecule has 2 rings (SSSR count). The van der Waals surface area contributed by atoms with Crippen LogP contribution in [-0.2, 0) is 6.42 Å². The van der Waals surface area contributed by atoms with Crippen LogP contribution < -0.4 is 0 Å². The summed E-state index contributed by atoms with van der Waals surface area (Å²) in [6.45, 7) is 9.97. The van der Waals surface area contributed by atoms with Crippen molar-refractivity contribution in [2.75, 3.05) is 0 Å². The Kier molecular flexibility index (Phi) is 6.22. The minimum Gasteiger partial charge on any atom is -0.508 e. The summed E-state index contributed by atoms with van der Waals surface area (Å²) in [5, 5.41) is 9.51. The molecule has 0 aliphatic heterocycles. The first-order valence-electron chi connectivity index (χ1n) is 7.94. The molecule has 0 heterocycles. The predicted octanol–water partition coefficient (Wildman–Crippen LogP) is 6.88. The van der Waals surface area contributed by atoms with Crippen molar-refractivity contribution in [2.45, 2.75) is 27.2 Å². The van der Waals surface area contributed by atoms with Crippen molar-refractivity contribution >= 4 is 27.3 Å². The molecule has 0 saturated heterocycles. The number of aliphatic hydroxyl groups excluding tert-OH is 1. The van der Waals surface area contributed by atoms with Gasteiger partial charge in [-0.1, -0.05) is 64.5 Å². The Morgan fingerprint density at radius 1 is 1.12 bits per heavy atom. The van der Waals surface area contributed by atoms with Gasteiger partial charge in [-0.3, -0.25) is 0 Å². The third-order valence-corrected chi connectivity index (χ3v) is 4.48. The Bertz CT molecular complexity index is 812. The van der Waals surface area contributed by atoms with Gasteiger partial charge in [0.15, 0.2) is 0 Å². The van der Waals surface area contributed by atoms with E-state index in [1.807, 2.05) is 18.2 Å². The lowest BCUT2D eigenvalue weighted by Crippen LogP contribution is -1.90. The fourth-order valence-corrected chi connectivity index (χ4v) is 2.98. The van der Waals surface area contributed by atoms with Gasteiger partial charge >= 0.3 is 0 Å². The molecule has 0 aromatic heterocycles. The first-order valence-corrected chi connectivity index (χ1v) is 8.74. The smallest absolute Gasteiger partial charge is 0.115 e. The molecule has 2 heteroatoms. The average molecular weight is 383 g/mol. The molecule has 1 nitrogen and oxygen atoms in total. The van der Waals surface area contributed by atoms with Crippen molar-refractivity contribution in [3.05, 3.63) is 93.5 Å². The zero-order chi connectivity index (χ0) is 17.7. The van der Waals surface area contributed by atoms with Crippen LogP contribution in [0.1, 0.15) is 36.1 Å². The monoisotopic (exact) mass is 382 g/mol. The van der Waals surface area contributed by atoms with Crippen LogP contribution in [0.15, 0.2) is 71.2 Å². The van der Waals surface area contributed by atoms with E-state index < -0.39 is 0 Å². The minimum atomic E-state index is 0.111. The summed E-state index contributed by atoms with van der Waals surface area (Å²) in [5.41, 5.74) is 6.98. The maximum absolute atomic E-state index is 9.51. The third kappa shape index (κ3) is 4.97. The average Bonchev–Trinajstić information content (AvgIpc) is 2.55. The van der Waals surface area contributed by atoms with Crippen molar-refractivity contribution in [1.82, 2.24) is 0 Å². The number of aliphatic hydroxyl groups is 1. The van der Waals surface area contributed by atoms with Crippen LogP contribution in [0.2, 0.25) is 0 Å². The van der Waals surface area contributed by atoms with Gasteiger partial charge in [-0.2, -0.15) is 0 Å². The molecular formula is C22H23BrO. The second-order valence-corrected chi connectivity index (χ2v) is 7.06.